The van der Waals surface area contributed by atoms with Gasteiger partial charge in [0.05, 0.1) is 33.8 Å². The largest absolute Gasteiger partial charge is 0.489 e. The molecule has 14 nitrogen and oxygen atoms in total. The molecule has 1 aromatic heterocycles. The van der Waals surface area contributed by atoms with Gasteiger partial charge in [0.25, 0.3) is 0 Å². The Morgan fingerprint density at radius 1 is 1.02 bits per heavy atom. The summed E-state index contributed by atoms with van der Waals surface area (Å²) in [5.41, 5.74) is 5.10. The maximum absolute atomic E-state index is 13.0. The Labute approximate surface area is 318 Å². The molecule has 5 N–H and O–H groups in total. The number of aromatic nitrogens is 2. The van der Waals surface area contributed by atoms with Crippen LogP contribution in [0.1, 0.15) is 57.6 Å². The average molecular weight is 796 g/mol. The number of likely N-dealkylation sites (tertiary alicyclic amines) is 1. The number of ether oxygens (including phenoxy) is 3. The van der Waals surface area contributed by atoms with Gasteiger partial charge in [-0.1, -0.05) is 45.3 Å². The summed E-state index contributed by atoms with van der Waals surface area (Å²) < 4.78 is 42.6. The van der Waals surface area contributed by atoms with Gasteiger partial charge in [0, 0.05) is 24.6 Å². The van der Waals surface area contributed by atoms with Gasteiger partial charge in [0.2, 0.25) is 5.95 Å². The minimum absolute atomic E-state index is 0.113. The minimum Gasteiger partial charge on any atom is -0.489 e. The molecular formula is C34H46ClN7O7S3. The molecule has 0 spiro atoms. The number of nitrogens with one attached hydrogen (secondary N) is 3. The zero-order valence-corrected chi connectivity index (χ0v) is 33.0. The highest BCUT2D eigenvalue weighted by molar-refractivity contribution is 8.76. The third kappa shape index (κ3) is 11.4. The maximum Gasteiger partial charge on any atom is 0.421 e. The number of nitrogens with zero attached hydrogens (tertiary/aromatic N) is 3. The smallest absolute Gasteiger partial charge is 0.421 e. The monoisotopic (exact) mass is 795 g/mol. The number of sulfone groups is 1. The highest BCUT2D eigenvalue weighted by Gasteiger charge is 2.27. The van der Waals surface area contributed by atoms with Crippen LogP contribution >= 0.6 is 33.2 Å². The highest BCUT2D eigenvalue weighted by Crippen LogP contribution is 2.38. The van der Waals surface area contributed by atoms with Gasteiger partial charge in [-0.25, -0.2) is 28.8 Å². The number of carbonyl (C=O) groups is 2. The lowest BCUT2D eigenvalue weighted by Gasteiger charge is -2.32. The van der Waals surface area contributed by atoms with Crippen LogP contribution in [0.2, 0.25) is 5.02 Å². The second-order valence-corrected chi connectivity index (χ2v) is 18.0. The van der Waals surface area contributed by atoms with Crippen LogP contribution in [-0.4, -0.2) is 84.6 Å². The van der Waals surface area contributed by atoms with Gasteiger partial charge < -0.3 is 29.7 Å². The zero-order chi connectivity index (χ0) is 37.8. The molecule has 1 aliphatic heterocycles. The normalized spacial score (nSPS) is 13.6. The van der Waals surface area contributed by atoms with E-state index in [-0.39, 0.29) is 53.0 Å². The highest BCUT2D eigenvalue weighted by atomic mass is 35.5. The lowest BCUT2D eigenvalue weighted by atomic mass is 9.86. The van der Waals surface area contributed by atoms with Crippen molar-refractivity contribution in [2.75, 3.05) is 48.4 Å². The lowest BCUT2D eigenvalue weighted by molar-refractivity contribution is 0.0978. The van der Waals surface area contributed by atoms with Crippen molar-refractivity contribution in [2.45, 2.75) is 69.6 Å². The Hall–Kier alpha value is -3.64. The Balaban J connectivity index is 1.39. The van der Waals surface area contributed by atoms with Crippen LogP contribution in [0.5, 0.6) is 5.75 Å². The van der Waals surface area contributed by atoms with E-state index in [0.29, 0.717) is 41.7 Å². The first kappa shape index (κ1) is 41.1. The molecule has 1 saturated heterocycles. The molecule has 4 rings (SSSR count). The Morgan fingerprint density at radius 3 is 2.35 bits per heavy atom. The number of aryl methyl sites for hydroxylation is 1. The SMILES string of the molecule is Cc1cc(Nc2ncc(Cl)c(Nc3ccccc3S(=O)(=O)C(C)C)n2)c(OC(C)C)cc1C1CCN(C(=O)OCCSSCCOC(=O)NN)CC1. The molecule has 0 saturated carbocycles. The average Bonchev–Trinajstić information content (AvgIpc) is 3.11. The molecule has 0 atom stereocenters. The van der Waals surface area contributed by atoms with Gasteiger partial charge in [0.15, 0.2) is 15.7 Å². The number of hydrogen-bond acceptors (Lipinski definition) is 14. The Kier molecular flexibility index (Phi) is 15.4. The van der Waals surface area contributed by atoms with Crippen molar-refractivity contribution < 1.29 is 32.2 Å². The summed E-state index contributed by atoms with van der Waals surface area (Å²) >= 11 is 6.46. The van der Waals surface area contributed by atoms with Crippen molar-refractivity contribution in [1.29, 1.82) is 0 Å². The van der Waals surface area contributed by atoms with E-state index in [1.807, 2.05) is 38.3 Å². The van der Waals surface area contributed by atoms with Crippen LogP contribution in [0.4, 0.5) is 32.7 Å². The first-order valence-electron chi connectivity index (χ1n) is 16.8. The van der Waals surface area contributed by atoms with Crippen molar-refractivity contribution in [3.05, 3.63) is 58.7 Å². The van der Waals surface area contributed by atoms with Crippen LogP contribution in [0.25, 0.3) is 0 Å². The summed E-state index contributed by atoms with van der Waals surface area (Å²) in [7, 11) is -0.522. The maximum atomic E-state index is 13.0. The molecular weight excluding hydrogens is 750 g/mol. The quantitative estimate of drug-likeness (QED) is 0.0375. The van der Waals surface area contributed by atoms with Crippen molar-refractivity contribution >= 4 is 78.4 Å². The number of rotatable bonds is 16. The fourth-order valence-electron chi connectivity index (χ4n) is 5.38. The lowest BCUT2D eigenvalue weighted by Crippen LogP contribution is -2.38. The van der Waals surface area contributed by atoms with Gasteiger partial charge in [-0.05, 0) is 88.8 Å². The van der Waals surface area contributed by atoms with Crippen molar-refractivity contribution in [3.8, 4) is 5.75 Å². The topological polar surface area (TPSA) is 187 Å². The van der Waals surface area contributed by atoms with Crippen molar-refractivity contribution in [2.24, 2.45) is 5.84 Å². The molecule has 52 heavy (non-hydrogen) atoms. The number of halogens is 1. The summed E-state index contributed by atoms with van der Waals surface area (Å²) in [5, 5.41) is 5.97. The van der Waals surface area contributed by atoms with Gasteiger partial charge in [0.1, 0.15) is 24.0 Å². The Bertz CT molecular complexity index is 1790. The number of piperidine rings is 1. The van der Waals surface area contributed by atoms with E-state index >= 15 is 0 Å². The second kappa shape index (κ2) is 19.4. The molecule has 0 unspecified atom stereocenters. The first-order chi connectivity index (χ1) is 24.8. The standard InChI is InChI=1S/C34H46ClN7O7S3/c1-21(2)49-29-19-25(24-10-12-42(13-11-24)34(44)48-15-17-51-50-16-14-47-33(43)41-36)23(5)18-28(29)39-32-37-20-26(35)31(40-32)38-27-8-6-7-9-30(27)52(45,46)22(3)4/h6-9,18-22,24H,10-17,36H2,1-5H3,(H,41,43)(H2,37,38,39,40). The molecule has 1 aliphatic rings. The molecule has 2 aromatic carbocycles. The molecule has 0 radical (unpaired) electrons. The number of para-hydroxylation sites is 1. The zero-order valence-electron chi connectivity index (χ0n) is 29.8. The third-order valence-corrected chi connectivity index (χ3v) is 12.8. The Morgan fingerprint density at radius 2 is 1.69 bits per heavy atom. The molecule has 284 valence electrons. The molecule has 18 heteroatoms. The fraction of sp³-hybridized carbons (Fsp3) is 0.471. The van der Waals surface area contributed by atoms with Crippen LogP contribution in [0.3, 0.4) is 0 Å². The summed E-state index contributed by atoms with van der Waals surface area (Å²) in [4.78, 5) is 34.5. The number of nitrogens with two attached hydrogens (primary N) is 1. The minimum atomic E-state index is -3.58. The van der Waals surface area contributed by atoms with E-state index in [4.69, 9.17) is 31.7 Å². The van der Waals surface area contributed by atoms with Gasteiger partial charge in [-0.2, -0.15) is 4.98 Å². The van der Waals surface area contributed by atoms with Crippen molar-refractivity contribution in [3.63, 3.8) is 0 Å². The van der Waals surface area contributed by atoms with Gasteiger partial charge in [-0.15, -0.1) is 0 Å². The molecule has 1 fully saturated rings. The number of hydrogen-bond donors (Lipinski definition) is 4. The van der Waals surface area contributed by atoms with Crippen LogP contribution in [0.15, 0.2) is 47.5 Å². The number of anilines is 4. The summed E-state index contributed by atoms with van der Waals surface area (Å²) in [5.74, 6) is 7.50. The van der Waals surface area contributed by atoms with E-state index in [1.54, 1.807) is 43.0 Å². The molecule has 0 aliphatic carbocycles. The van der Waals surface area contributed by atoms with Crippen LogP contribution in [-0.2, 0) is 19.3 Å². The van der Waals surface area contributed by atoms with E-state index in [1.165, 1.54) is 27.8 Å². The summed E-state index contributed by atoms with van der Waals surface area (Å²) in [6, 6.07) is 10.7. The predicted molar refractivity (Wildman–Crippen MR) is 208 cm³/mol. The van der Waals surface area contributed by atoms with E-state index in [2.05, 4.69) is 20.6 Å². The van der Waals surface area contributed by atoms with E-state index in [9.17, 15) is 18.0 Å². The molecule has 0 bridgehead atoms. The number of hydrazine groups is 1. The van der Waals surface area contributed by atoms with E-state index in [0.717, 1.165) is 24.0 Å². The molecule has 3 aromatic rings. The van der Waals surface area contributed by atoms with Gasteiger partial charge >= 0.3 is 12.2 Å². The molecule has 2 heterocycles. The van der Waals surface area contributed by atoms with Gasteiger partial charge in [-0.3, -0.25) is 5.43 Å². The number of benzene rings is 2. The van der Waals surface area contributed by atoms with E-state index < -0.39 is 21.2 Å². The predicted octanol–water partition coefficient (Wildman–Crippen LogP) is 7.19. The van der Waals surface area contributed by atoms with Crippen LogP contribution in [0, 0.1) is 6.92 Å². The second-order valence-electron chi connectivity index (χ2n) is 12.4. The first-order valence-corrected chi connectivity index (χ1v) is 21.2. The fourth-order valence-corrected chi connectivity index (χ4v) is 8.38. The third-order valence-electron chi connectivity index (χ3n) is 7.97. The summed E-state index contributed by atoms with van der Waals surface area (Å²) in [6.45, 7) is 10.9. The number of carbonyl (C=O) groups excluding carboxylic acids is 2. The molecule has 2 amide bonds. The number of amides is 2. The summed E-state index contributed by atoms with van der Waals surface area (Å²) in [6.07, 6.45) is 1.88. The van der Waals surface area contributed by atoms with Crippen LogP contribution < -0.4 is 26.6 Å². The van der Waals surface area contributed by atoms with Crippen molar-refractivity contribution in [1.82, 2.24) is 20.3 Å².